The number of benzene rings is 2. The second-order valence-corrected chi connectivity index (χ2v) is 16.4. The summed E-state index contributed by atoms with van der Waals surface area (Å²) in [5.41, 5.74) is 6.30. The van der Waals surface area contributed by atoms with Gasteiger partial charge in [-0.15, -0.1) is 0 Å². The number of aliphatic hydroxyl groups excluding tert-OH is 1. The Kier molecular flexibility index (Phi) is 16.7. The second-order valence-electron chi connectivity index (χ2n) is 16.4. The summed E-state index contributed by atoms with van der Waals surface area (Å²) < 4.78 is 31.5. The van der Waals surface area contributed by atoms with Crippen molar-refractivity contribution in [3.8, 4) is 11.1 Å². The highest BCUT2D eigenvalue weighted by atomic mass is 19.1. The maximum atomic E-state index is 15.2. The lowest BCUT2D eigenvalue weighted by Crippen LogP contribution is -2.58. The summed E-state index contributed by atoms with van der Waals surface area (Å²) in [4.78, 5) is 93.2. The SMILES string of the molecule is CC1CCCC(=O)NCC(=O)N[C@@H](C)C(=O)N[C@@H](CC(N)=O)C(=O)N[C@@H](CCN(C(=O)CO)C(c2cc(-c3cc(F)ccc3F)cn2Cc2ccccc2)C(C)(C)C)C(=O)N1. The molecule has 1 aliphatic heterocycles. The molecule has 8 N–H and O–H groups in total. The van der Waals surface area contributed by atoms with Gasteiger partial charge >= 0.3 is 0 Å². The number of nitrogens with one attached hydrogen (secondary N) is 5. The van der Waals surface area contributed by atoms with Crippen molar-refractivity contribution in [3.63, 3.8) is 0 Å². The van der Waals surface area contributed by atoms with E-state index in [0.717, 1.165) is 23.8 Å². The van der Waals surface area contributed by atoms with Crippen molar-refractivity contribution in [2.24, 2.45) is 11.1 Å². The minimum atomic E-state index is -1.59. The third-order valence-corrected chi connectivity index (χ3v) is 10.2. The first kappa shape index (κ1) is 47.5. The molecule has 1 saturated heterocycles. The molecule has 2 heterocycles. The molecule has 18 heteroatoms. The van der Waals surface area contributed by atoms with Crippen molar-refractivity contribution in [3.05, 3.63) is 83.7 Å². The van der Waals surface area contributed by atoms with Crippen molar-refractivity contribution >= 4 is 41.4 Å². The summed E-state index contributed by atoms with van der Waals surface area (Å²) in [6, 6.07) is 8.48. The zero-order valence-corrected chi connectivity index (χ0v) is 35.1. The van der Waals surface area contributed by atoms with Gasteiger partial charge in [-0.05, 0) is 68.4 Å². The third-order valence-electron chi connectivity index (χ3n) is 10.2. The number of nitrogens with zero attached hydrogens (tertiary/aromatic N) is 2. The van der Waals surface area contributed by atoms with Gasteiger partial charge < -0.3 is 46.9 Å². The lowest BCUT2D eigenvalue weighted by molar-refractivity contribution is -0.140. The zero-order valence-electron chi connectivity index (χ0n) is 35.1. The number of primary amides is 1. The quantitative estimate of drug-likeness (QED) is 0.150. The van der Waals surface area contributed by atoms with Crippen LogP contribution < -0.4 is 32.3 Å². The molecule has 0 spiro atoms. The van der Waals surface area contributed by atoms with Crippen LogP contribution in [0.5, 0.6) is 0 Å². The smallest absolute Gasteiger partial charge is 0.248 e. The Morgan fingerprint density at radius 1 is 0.902 bits per heavy atom. The van der Waals surface area contributed by atoms with E-state index in [9.17, 15) is 43.1 Å². The van der Waals surface area contributed by atoms with Gasteiger partial charge in [0.2, 0.25) is 41.4 Å². The van der Waals surface area contributed by atoms with E-state index < -0.39 is 108 Å². The molecule has 330 valence electrons. The highest BCUT2D eigenvalue weighted by molar-refractivity contribution is 5.96. The molecule has 3 aromatic rings. The van der Waals surface area contributed by atoms with Gasteiger partial charge in [0.25, 0.3) is 0 Å². The third kappa shape index (κ3) is 13.7. The summed E-state index contributed by atoms with van der Waals surface area (Å²) >= 11 is 0. The minimum absolute atomic E-state index is 0.0125. The highest BCUT2D eigenvalue weighted by Crippen LogP contribution is 2.41. The predicted octanol–water partition coefficient (Wildman–Crippen LogP) is 1.93. The Morgan fingerprint density at radius 2 is 1.57 bits per heavy atom. The molecule has 7 amide bonds. The van der Waals surface area contributed by atoms with Crippen molar-refractivity contribution in [1.29, 1.82) is 0 Å². The number of rotatable bonds is 11. The number of aliphatic hydroxyl groups is 1. The first-order valence-corrected chi connectivity index (χ1v) is 20.1. The Hall–Kier alpha value is -6.17. The average molecular weight is 851 g/mol. The molecule has 1 aliphatic rings. The molecule has 1 aromatic heterocycles. The molecule has 0 aliphatic carbocycles. The van der Waals surface area contributed by atoms with E-state index in [4.69, 9.17) is 5.73 Å². The molecule has 61 heavy (non-hydrogen) atoms. The molecule has 0 bridgehead atoms. The molecule has 0 saturated carbocycles. The molecule has 1 fully saturated rings. The molecular weight excluding hydrogens is 795 g/mol. The van der Waals surface area contributed by atoms with Crippen molar-refractivity contribution < 1.29 is 47.4 Å². The number of hydrogen-bond acceptors (Lipinski definition) is 8. The van der Waals surface area contributed by atoms with Crippen LogP contribution in [0.4, 0.5) is 8.78 Å². The maximum Gasteiger partial charge on any atom is 0.248 e. The predicted molar refractivity (Wildman–Crippen MR) is 221 cm³/mol. The van der Waals surface area contributed by atoms with Crippen molar-refractivity contribution in [1.82, 2.24) is 36.1 Å². The second kappa shape index (κ2) is 21.4. The summed E-state index contributed by atoms with van der Waals surface area (Å²) in [5.74, 6) is -6.62. The van der Waals surface area contributed by atoms with Crippen LogP contribution in [0, 0.1) is 17.0 Å². The lowest BCUT2D eigenvalue weighted by atomic mass is 9.82. The van der Waals surface area contributed by atoms with Gasteiger partial charge in [-0.1, -0.05) is 51.1 Å². The average Bonchev–Trinajstić information content (AvgIpc) is 3.59. The molecular formula is C43H56F2N8O8. The topological polar surface area (TPSA) is 234 Å². The molecule has 5 atom stereocenters. The van der Waals surface area contributed by atoms with Crippen LogP contribution in [-0.4, -0.2) is 99.8 Å². The Labute approximate surface area is 353 Å². The molecule has 4 rings (SSSR count). The highest BCUT2D eigenvalue weighted by Gasteiger charge is 2.38. The number of nitrogens with two attached hydrogens (primary N) is 1. The van der Waals surface area contributed by atoms with Crippen LogP contribution in [0.15, 0.2) is 60.8 Å². The first-order chi connectivity index (χ1) is 28.8. The minimum Gasteiger partial charge on any atom is -0.387 e. The van der Waals surface area contributed by atoms with E-state index in [-0.39, 0.29) is 31.5 Å². The van der Waals surface area contributed by atoms with Gasteiger partial charge in [-0.2, -0.15) is 0 Å². The van der Waals surface area contributed by atoms with Crippen LogP contribution in [0.25, 0.3) is 11.1 Å². The van der Waals surface area contributed by atoms with Crippen molar-refractivity contribution in [2.75, 3.05) is 19.7 Å². The number of carbonyl (C=O) groups is 7. The van der Waals surface area contributed by atoms with Gasteiger partial charge in [0.15, 0.2) is 0 Å². The fourth-order valence-electron chi connectivity index (χ4n) is 7.23. The monoisotopic (exact) mass is 850 g/mol. The summed E-state index contributed by atoms with van der Waals surface area (Å²) in [7, 11) is 0. The maximum absolute atomic E-state index is 15.2. The number of aromatic nitrogens is 1. The van der Waals surface area contributed by atoms with Crippen LogP contribution >= 0.6 is 0 Å². The van der Waals surface area contributed by atoms with Crippen molar-refractivity contribution in [2.45, 2.75) is 103 Å². The van der Waals surface area contributed by atoms with Gasteiger partial charge in [-0.3, -0.25) is 33.6 Å². The fourth-order valence-corrected chi connectivity index (χ4v) is 7.23. The number of carbonyl (C=O) groups excluding carboxylic acids is 7. The van der Waals surface area contributed by atoms with E-state index in [1.165, 1.54) is 11.8 Å². The van der Waals surface area contributed by atoms with Crippen LogP contribution in [0.1, 0.15) is 84.0 Å². The summed E-state index contributed by atoms with van der Waals surface area (Å²) in [6.07, 6.45) is 1.42. The number of halogens is 2. The largest absolute Gasteiger partial charge is 0.387 e. The van der Waals surface area contributed by atoms with E-state index in [0.29, 0.717) is 24.1 Å². The Morgan fingerprint density at radius 3 is 2.23 bits per heavy atom. The van der Waals surface area contributed by atoms with Gasteiger partial charge in [0, 0.05) is 48.6 Å². The normalized spacial score (nSPS) is 20.5. The first-order valence-electron chi connectivity index (χ1n) is 20.1. The molecule has 2 unspecified atom stereocenters. The van der Waals surface area contributed by atoms with Crippen LogP contribution in [0.2, 0.25) is 0 Å². The lowest BCUT2D eigenvalue weighted by Gasteiger charge is -2.41. The van der Waals surface area contributed by atoms with Gasteiger partial charge in [0.1, 0.15) is 36.4 Å². The van der Waals surface area contributed by atoms with Gasteiger partial charge in [0.05, 0.1) is 19.0 Å². The molecule has 2 aromatic carbocycles. The molecule has 16 nitrogen and oxygen atoms in total. The standard InChI is InChI=1S/C43H56F2N8O8/c1-25-10-9-13-36(56)47-21-37(57)49-26(2)40(59)51-33(20-35(46)55)42(61)50-32(41(60)48-25)16-17-53(38(58)24-54)39(43(3,4)5)34-18-28(30-19-29(44)14-15-31(30)45)23-52(34)22-27-11-7-6-8-12-27/h6-8,11-12,14-15,18-19,23,25-26,32-33,39,54H,9-10,13,16-17,20-22,24H2,1-5H3,(H2,46,55)(H,47,56)(H,48,60)(H,49,57)(H,50,61)(H,51,59)/t25?,26-,32-,33-,39?/m0/s1. The van der Waals surface area contributed by atoms with E-state index in [1.54, 1.807) is 19.2 Å². The molecule has 0 radical (unpaired) electrons. The Balaban J connectivity index is 1.76. The fraction of sp³-hybridized carbons (Fsp3) is 0.465. The van der Waals surface area contributed by atoms with Crippen LogP contribution in [-0.2, 0) is 40.1 Å². The van der Waals surface area contributed by atoms with Crippen LogP contribution in [0.3, 0.4) is 0 Å². The summed E-state index contributed by atoms with van der Waals surface area (Å²) in [6.45, 7) is 7.24. The summed E-state index contributed by atoms with van der Waals surface area (Å²) in [5, 5.41) is 23.0. The van der Waals surface area contributed by atoms with E-state index in [2.05, 4.69) is 26.6 Å². The number of hydrogen-bond donors (Lipinski definition) is 7. The zero-order chi connectivity index (χ0) is 45.0. The van der Waals surface area contributed by atoms with Gasteiger partial charge in [-0.25, -0.2) is 8.78 Å². The van der Waals surface area contributed by atoms with E-state index >= 15 is 4.39 Å². The Bertz CT molecular complexity index is 2070. The number of amides is 7. The van der Waals surface area contributed by atoms with E-state index in [1.807, 2.05) is 55.7 Å².